The summed E-state index contributed by atoms with van der Waals surface area (Å²) in [4.78, 5) is 5.18. The number of ether oxygens (including phenoxy) is 1. The second-order valence-corrected chi connectivity index (χ2v) is 6.53. The zero-order valence-electron chi connectivity index (χ0n) is 11.1. The molecule has 3 rings (SSSR count). The summed E-state index contributed by atoms with van der Waals surface area (Å²) in [5.74, 6) is 0.600. The van der Waals surface area contributed by atoms with E-state index in [1.165, 1.54) is 5.39 Å². The van der Waals surface area contributed by atoms with E-state index < -0.39 is 0 Å². The number of fused-ring (bicyclic) bond motifs is 1. The second kappa shape index (κ2) is 5.59. The number of nitrogens with zero attached hydrogens (tertiary/aromatic N) is 1. The van der Waals surface area contributed by atoms with Crippen LogP contribution in [0.2, 0.25) is 0 Å². The van der Waals surface area contributed by atoms with Gasteiger partial charge < -0.3 is 4.74 Å². The summed E-state index contributed by atoms with van der Waals surface area (Å²) in [6.07, 6.45) is 2.50. The third-order valence-electron chi connectivity index (χ3n) is 3.80. The van der Waals surface area contributed by atoms with Crippen LogP contribution in [0.1, 0.15) is 19.0 Å². The van der Waals surface area contributed by atoms with Gasteiger partial charge in [-0.2, -0.15) is 0 Å². The van der Waals surface area contributed by atoms with Gasteiger partial charge in [0.1, 0.15) is 0 Å². The summed E-state index contributed by atoms with van der Waals surface area (Å²) in [6.45, 7) is 3.01. The molecule has 1 aliphatic heterocycles. The Kier molecular flexibility index (Phi) is 3.85. The molecule has 0 saturated carbocycles. The van der Waals surface area contributed by atoms with Gasteiger partial charge in [-0.05, 0) is 31.4 Å². The lowest BCUT2D eigenvalue weighted by Crippen LogP contribution is -2.17. The molecule has 2 nitrogen and oxygen atoms in total. The monoisotopic (exact) mass is 319 g/mol. The molecule has 0 bridgehead atoms. The van der Waals surface area contributed by atoms with Gasteiger partial charge in [0.25, 0.3) is 0 Å². The first-order valence-electron chi connectivity index (χ1n) is 6.83. The molecule has 100 valence electrons. The van der Waals surface area contributed by atoms with E-state index in [2.05, 4.69) is 47.1 Å². The van der Waals surface area contributed by atoms with E-state index in [0.717, 1.165) is 30.7 Å². The van der Waals surface area contributed by atoms with Crippen LogP contribution >= 0.6 is 15.9 Å². The number of hydrogen-bond donors (Lipinski definition) is 0. The van der Waals surface area contributed by atoms with Crippen LogP contribution in [0, 0.1) is 5.92 Å². The minimum Gasteiger partial charge on any atom is -0.378 e. The summed E-state index contributed by atoms with van der Waals surface area (Å²) >= 11 is 3.81. The number of halogens is 1. The van der Waals surface area contributed by atoms with Gasteiger partial charge in [0.2, 0.25) is 0 Å². The molecule has 1 aromatic carbocycles. The maximum absolute atomic E-state index is 5.64. The van der Waals surface area contributed by atoms with Gasteiger partial charge in [0.05, 0.1) is 18.2 Å². The standard InChI is InChI=1S/C16H18BrNO/c1-11-8-13(10-19-11)15(17)9-14-7-6-12-4-2-3-5-16(12)18-14/h2-7,11,13,15H,8-10H2,1H3. The van der Waals surface area contributed by atoms with E-state index in [9.17, 15) is 0 Å². The Balaban J connectivity index is 1.74. The third-order valence-corrected chi connectivity index (χ3v) is 4.87. The second-order valence-electron chi connectivity index (χ2n) is 5.36. The molecule has 0 radical (unpaired) electrons. The van der Waals surface area contributed by atoms with Crippen molar-refractivity contribution in [2.24, 2.45) is 5.92 Å². The van der Waals surface area contributed by atoms with Gasteiger partial charge in [-0.25, -0.2) is 0 Å². The molecule has 0 aliphatic carbocycles. The van der Waals surface area contributed by atoms with Crippen LogP contribution in [0.4, 0.5) is 0 Å². The van der Waals surface area contributed by atoms with Crippen LogP contribution in [-0.2, 0) is 11.2 Å². The molecular weight excluding hydrogens is 302 g/mol. The molecule has 0 spiro atoms. The minimum atomic E-state index is 0.398. The van der Waals surface area contributed by atoms with Gasteiger partial charge in [-0.3, -0.25) is 4.98 Å². The molecule has 1 saturated heterocycles. The average Bonchev–Trinajstić information content (AvgIpc) is 2.85. The molecule has 3 atom stereocenters. The Labute approximate surface area is 122 Å². The highest BCUT2D eigenvalue weighted by molar-refractivity contribution is 9.09. The summed E-state index contributed by atoms with van der Waals surface area (Å²) in [5.41, 5.74) is 2.23. The predicted octanol–water partition coefficient (Wildman–Crippen LogP) is 3.97. The number of rotatable bonds is 3. The number of alkyl halides is 1. The molecule has 3 heteroatoms. The lowest BCUT2D eigenvalue weighted by Gasteiger charge is -2.15. The number of pyridine rings is 1. The Hall–Kier alpha value is -0.930. The summed E-state index contributed by atoms with van der Waals surface area (Å²) < 4.78 is 5.64. The van der Waals surface area contributed by atoms with Crippen molar-refractivity contribution in [2.75, 3.05) is 6.61 Å². The zero-order chi connectivity index (χ0) is 13.2. The fourth-order valence-electron chi connectivity index (χ4n) is 2.69. The average molecular weight is 320 g/mol. The first-order valence-corrected chi connectivity index (χ1v) is 7.74. The SMILES string of the molecule is CC1CC(C(Br)Cc2ccc3ccccc3n2)CO1. The first kappa shape index (κ1) is 13.1. The molecule has 1 fully saturated rings. The fourth-order valence-corrected chi connectivity index (χ4v) is 3.39. The van der Waals surface area contributed by atoms with Crippen molar-refractivity contribution in [1.82, 2.24) is 4.98 Å². The van der Waals surface area contributed by atoms with Crippen molar-refractivity contribution in [3.05, 3.63) is 42.1 Å². The Morgan fingerprint density at radius 1 is 1.32 bits per heavy atom. The zero-order valence-corrected chi connectivity index (χ0v) is 12.6. The number of aromatic nitrogens is 1. The van der Waals surface area contributed by atoms with E-state index in [1.807, 2.05) is 12.1 Å². The molecule has 2 heterocycles. The van der Waals surface area contributed by atoms with E-state index in [-0.39, 0.29) is 0 Å². The first-order chi connectivity index (χ1) is 9.22. The van der Waals surface area contributed by atoms with Crippen molar-refractivity contribution < 1.29 is 4.74 Å². The van der Waals surface area contributed by atoms with Crippen LogP contribution in [0.15, 0.2) is 36.4 Å². The molecular formula is C16H18BrNO. The fraction of sp³-hybridized carbons (Fsp3) is 0.438. The third kappa shape index (κ3) is 2.98. The summed E-state index contributed by atoms with van der Waals surface area (Å²) in [7, 11) is 0. The van der Waals surface area contributed by atoms with Gasteiger partial charge in [0.15, 0.2) is 0 Å². The van der Waals surface area contributed by atoms with E-state index in [0.29, 0.717) is 16.8 Å². The maximum atomic E-state index is 5.64. The van der Waals surface area contributed by atoms with Crippen molar-refractivity contribution in [2.45, 2.75) is 30.7 Å². The topological polar surface area (TPSA) is 22.1 Å². The van der Waals surface area contributed by atoms with Gasteiger partial charge in [-0.1, -0.05) is 40.2 Å². The van der Waals surface area contributed by atoms with E-state index in [1.54, 1.807) is 0 Å². The Morgan fingerprint density at radius 3 is 2.95 bits per heavy atom. The van der Waals surface area contributed by atoms with Crippen LogP contribution in [0.3, 0.4) is 0 Å². The number of hydrogen-bond acceptors (Lipinski definition) is 2. The predicted molar refractivity (Wildman–Crippen MR) is 81.7 cm³/mol. The number of para-hydroxylation sites is 1. The van der Waals surface area contributed by atoms with Crippen molar-refractivity contribution in [1.29, 1.82) is 0 Å². The highest BCUT2D eigenvalue weighted by Crippen LogP contribution is 2.29. The van der Waals surface area contributed by atoms with Crippen molar-refractivity contribution in [3.63, 3.8) is 0 Å². The summed E-state index contributed by atoms with van der Waals surface area (Å²) in [6, 6.07) is 12.6. The molecule has 2 aromatic rings. The number of benzene rings is 1. The summed E-state index contributed by atoms with van der Waals surface area (Å²) in [5, 5.41) is 1.20. The highest BCUT2D eigenvalue weighted by atomic mass is 79.9. The van der Waals surface area contributed by atoms with Gasteiger partial charge in [0, 0.05) is 22.3 Å². The Morgan fingerprint density at radius 2 is 2.16 bits per heavy atom. The van der Waals surface area contributed by atoms with Crippen molar-refractivity contribution in [3.8, 4) is 0 Å². The lowest BCUT2D eigenvalue weighted by atomic mass is 9.98. The highest BCUT2D eigenvalue weighted by Gasteiger charge is 2.28. The molecule has 0 amide bonds. The van der Waals surface area contributed by atoms with Crippen LogP contribution in [0.5, 0.6) is 0 Å². The van der Waals surface area contributed by atoms with Crippen LogP contribution < -0.4 is 0 Å². The molecule has 1 aromatic heterocycles. The smallest absolute Gasteiger partial charge is 0.0705 e. The Bertz CT molecular complexity index is 571. The molecule has 1 aliphatic rings. The molecule has 0 N–H and O–H groups in total. The van der Waals surface area contributed by atoms with E-state index >= 15 is 0 Å². The normalized spacial score (nSPS) is 24.7. The van der Waals surface area contributed by atoms with Crippen LogP contribution in [0.25, 0.3) is 10.9 Å². The quantitative estimate of drug-likeness (QED) is 0.799. The van der Waals surface area contributed by atoms with Crippen LogP contribution in [-0.4, -0.2) is 22.5 Å². The molecule has 3 unspecified atom stereocenters. The van der Waals surface area contributed by atoms with E-state index in [4.69, 9.17) is 9.72 Å². The van der Waals surface area contributed by atoms with Gasteiger partial charge in [-0.15, -0.1) is 0 Å². The van der Waals surface area contributed by atoms with Gasteiger partial charge >= 0.3 is 0 Å². The molecule has 19 heavy (non-hydrogen) atoms. The maximum Gasteiger partial charge on any atom is 0.0705 e. The minimum absolute atomic E-state index is 0.398. The lowest BCUT2D eigenvalue weighted by molar-refractivity contribution is 0.120. The largest absolute Gasteiger partial charge is 0.378 e. The van der Waals surface area contributed by atoms with Crippen molar-refractivity contribution >= 4 is 26.8 Å².